The van der Waals surface area contributed by atoms with Gasteiger partial charge in [-0.2, -0.15) is 5.10 Å². The molecule has 0 saturated heterocycles. The number of methoxy groups -OCH3 is 1. The predicted molar refractivity (Wildman–Crippen MR) is 81.2 cm³/mol. The molecule has 0 aliphatic rings. The maximum absolute atomic E-state index is 5.40. The molecule has 0 radical (unpaired) electrons. The second kappa shape index (κ2) is 6.57. The van der Waals surface area contributed by atoms with Crippen LogP contribution < -0.4 is 10.1 Å². The van der Waals surface area contributed by atoms with Crippen molar-refractivity contribution in [1.82, 2.24) is 15.5 Å². The Labute approximate surface area is 120 Å². The van der Waals surface area contributed by atoms with Crippen molar-refractivity contribution in [1.29, 1.82) is 0 Å². The summed E-state index contributed by atoms with van der Waals surface area (Å²) in [7, 11) is 1.72. The highest BCUT2D eigenvalue weighted by molar-refractivity contribution is 5.37. The Hall–Kier alpha value is -1.81. The number of nitrogens with zero attached hydrogens (tertiary/aromatic N) is 1. The van der Waals surface area contributed by atoms with Crippen molar-refractivity contribution >= 4 is 0 Å². The average Bonchev–Trinajstić information content (AvgIpc) is 2.75. The van der Waals surface area contributed by atoms with Gasteiger partial charge in [-0.15, -0.1) is 0 Å². The van der Waals surface area contributed by atoms with Crippen molar-refractivity contribution < 1.29 is 4.74 Å². The molecule has 0 aliphatic heterocycles. The zero-order valence-electron chi connectivity index (χ0n) is 12.7. The maximum atomic E-state index is 5.40. The van der Waals surface area contributed by atoms with Crippen molar-refractivity contribution in [2.75, 3.05) is 13.7 Å². The van der Waals surface area contributed by atoms with E-state index in [0.717, 1.165) is 36.6 Å². The Morgan fingerprint density at radius 2 is 2.05 bits per heavy atom. The highest BCUT2D eigenvalue weighted by Gasteiger charge is 2.06. The lowest BCUT2D eigenvalue weighted by atomic mass is 10.1. The van der Waals surface area contributed by atoms with E-state index < -0.39 is 0 Å². The molecule has 1 aromatic heterocycles. The summed E-state index contributed by atoms with van der Waals surface area (Å²) in [5.41, 5.74) is 6.00. The summed E-state index contributed by atoms with van der Waals surface area (Å²) in [5.74, 6) is 0.966. The molecule has 1 aromatic carbocycles. The SMILES string of the molecule is COc1ccc(C)cc1CCNCc1c(C)n[nH]c1C. The number of hydrogen-bond acceptors (Lipinski definition) is 3. The molecule has 1 heterocycles. The summed E-state index contributed by atoms with van der Waals surface area (Å²) < 4.78 is 5.40. The average molecular weight is 273 g/mol. The van der Waals surface area contributed by atoms with Crippen molar-refractivity contribution in [3.05, 3.63) is 46.3 Å². The summed E-state index contributed by atoms with van der Waals surface area (Å²) in [6.07, 6.45) is 0.959. The summed E-state index contributed by atoms with van der Waals surface area (Å²) in [4.78, 5) is 0. The summed E-state index contributed by atoms with van der Waals surface area (Å²) in [5, 5.41) is 10.7. The van der Waals surface area contributed by atoms with Gasteiger partial charge in [0.05, 0.1) is 12.8 Å². The molecule has 0 spiro atoms. The second-order valence-electron chi connectivity index (χ2n) is 5.15. The minimum atomic E-state index is 0.850. The van der Waals surface area contributed by atoms with E-state index in [1.807, 2.05) is 13.0 Å². The number of benzene rings is 1. The van der Waals surface area contributed by atoms with Crippen LogP contribution in [0, 0.1) is 20.8 Å². The first-order valence-corrected chi connectivity index (χ1v) is 6.96. The monoisotopic (exact) mass is 273 g/mol. The Kier molecular flexibility index (Phi) is 4.79. The van der Waals surface area contributed by atoms with Gasteiger partial charge in [0, 0.05) is 17.8 Å². The van der Waals surface area contributed by atoms with Crippen LogP contribution in [0.1, 0.15) is 28.1 Å². The van der Waals surface area contributed by atoms with Crippen LogP contribution in [0.2, 0.25) is 0 Å². The number of aromatic amines is 1. The first-order chi connectivity index (χ1) is 9.61. The van der Waals surface area contributed by atoms with Gasteiger partial charge in [-0.25, -0.2) is 0 Å². The van der Waals surface area contributed by atoms with Gasteiger partial charge in [-0.05, 0) is 45.4 Å². The lowest BCUT2D eigenvalue weighted by Gasteiger charge is -2.10. The van der Waals surface area contributed by atoms with Crippen LogP contribution in [0.5, 0.6) is 5.75 Å². The molecule has 0 atom stereocenters. The van der Waals surface area contributed by atoms with E-state index in [9.17, 15) is 0 Å². The van der Waals surface area contributed by atoms with E-state index >= 15 is 0 Å². The molecule has 2 N–H and O–H groups in total. The summed E-state index contributed by atoms with van der Waals surface area (Å²) in [6.45, 7) is 7.96. The highest BCUT2D eigenvalue weighted by atomic mass is 16.5. The minimum absolute atomic E-state index is 0.850. The molecular weight excluding hydrogens is 250 g/mol. The Bertz CT molecular complexity index is 556. The number of nitrogens with one attached hydrogen (secondary N) is 2. The summed E-state index contributed by atoms with van der Waals surface area (Å²) >= 11 is 0. The topological polar surface area (TPSA) is 49.9 Å². The quantitative estimate of drug-likeness (QED) is 0.796. The molecule has 0 unspecified atom stereocenters. The van der Waals surface area contributed by atoms with Crippen LogP contribution in [-0.4, -0.2) is 23.9 Å². The van der Waals surface area contributed by atoms with Gasteiger partial charge < -0.3 is 10.1 Å². The first-order valence-electron chi connectivity index (χ1n) is 6.96. The van der Waals surface area contributed by atoms with Crippen LogP contribution in [0.15, 0.2) is 18.2 Å². The van der Waals surface area contributed by atoms with Gasteiger partial charge in [0.1, 0.15) is 5.75 Å². The molecule has 4 nitrogen and oxygen atoms in total. The molecule has 0 amide bonds. The number of hydrogen-bond donors (Lipinski definition) is 2. The zero-order chi connectivity index (χ0) is 14.5. The third-order valence-corrected chi connectivity index (χ3v) is 3.59. The van der Waals surface area contributed by atoms with E-state index in [2.05, 4.69) is 41.5 Å². The number of aromatic nitrogens is 2. The van der Waals surface area contributed by atoms with E-state index in [4.69, 9.17) is 4.74 Å². The molecule has 108 valence electrons. The van der Waals surface area contributed by atoms with Crippen molar-refractivity contribution in [2.24, 2.45) is 0 Å². The first kappa shape index (κ1) is 14.6. The molecule has 0 fully saturated rings. The van der Waals surface area contributed by atoms with Crippen molar-refractivity contribution in [3.8, 4) is 5.75 Å². The highest BCUT2D eigenvalue weighted by Crippen LogP contribution is 2.19. The lowest BCUT2D eigenvalue weighted by molar-refractivity contribution is 0.409. The molecule has 0 bridgehead atoms. The van der Waals surface area contributed by atoms with E-state index in [1.165, 1.54) is 16.7 Å². The second-order valence-corrected chi connectivity index (χ2v) is 5.15. The van der Waals surface area contributed by atoms with E-state index in [0.29, 0.717) is 0 Å². The molecule has 2 aromatic rings. The van der Waals surface area contributed by atoms with Crippen molar-refractivity contribution in [3.63, 3.8) is 0 Å². The normalized spacial score (nSPS) is 10.8. The molecule has 20 heavy (non-hydrogen) atoms. The number of ether oxygens (including phenoxy) is 1. The maximum Gasteiger partial charge on any atom is 0.122 e. The van der Waals surface area contributed by atoms with Gasteiger partial charge in [0.15, 0.2) is 0 Å². The van der Waals surface area contributed by atoms with E-state index in [-0.39, 0.29) is 0 Å². The Morgan fingerprint density at radius 1 is 1.25 bits per heavy atom. The molecular formula is C16H23N3O. The molecule has 0 saturated carbocycles. The Balaban J connectivity index is 1.89. The molecule has 0 aliphatic carbocycles. The molecule has 2 rings (SSSR count). The third-order valence-electron chi connectivity index (χ3n) is 3.59. The fraction of sp³-hybridized carbons (Fsp3) is 0.438. The van der Waals surface area contributed by atoms with E-state index in [1.54, 1.807) is 7.11 Å². The van der Waals surface area contributed by atoms with Gasteiger partial charge in [-0.1, -0.05) is 17.7 Å². The fourth-order valence-electron chi connectivity index (χ4n) is 2.37. The van der Waals surface area contributed by atoms with Crippen LogP contribution in [0.4, 0.5) is 0 Å². The largest absolute Gasteiger partial charge is 0.496 e. The zero-order valence-corrected chi connectivity index (χ0v) is 12.7. The van der Waals surface area contributed by atoms with Gasteiger partial charge in [0.2, 0.25) is 0 Å². The fourth-order valence-corrected chi connectivity index (χ4v) is 2.37. The summed E-state index contributed by atoms with van der Waals surface area (Å²) in [6, 6.07) is 6.30. The Morgan fingerprint density at radius 3 is 2.70 bits per heavy atom. The van der Waals surface area contributed by atoms with Crippen molar-refractivity contribution in [2.45, 2.75) is 33.7 Å². The van der Waals surface area contributed by atoms with Gasteiger partial charge >= 0.3 is 0 Å². The smallest absolute Gasteiger partial charge is 0.122 e. The molecule has 4 heteroatoms. The number of H-pyrrole nitrogens is 1. The predicted octanol–water partition coefficient (Wildman–Crippen LogP) is 2.68. The van der Waals surface area contributed by atoms with Crippen LogP contribution in [-0.2, 0) is 13.0 Å². The van der Waals surface area contributed by atoms with Gasteiger partial charge in [0.25, 0.3) is 0 Å². The standard InChI is InChI=1S/C16H23N3O/c1-11-5-6-16(20-4)14(9-11)7-8-17-10-15-12(2)18-19-13(15)3/h5-6,9,17H,7-8,10H2,1-4H3,(H,18,19). The lowest BCUT2D eigenvalue weighted by Crippen LogP contribution is -2.17. The van der Waals surface area contributed by atoms with Crippen LogP contribution >= 0.6 is 0 Å². The number of rotatable bonds is 6. The van der Waals surface area contributed by atoms with Crippen LogP contribution in [0.25, 0.3) is 0 Å². The van der Waals surface area contributed by atoms with Gasteiger partial charge in [-0.3, -0.25) is 5.10 Å². The third kappa shape index (κ3) is 3.39. The minimum Gasteiger partial charge on any atom is -0.496 e. The number of aryl methyl sites for hydroxylation is 3. The van der Waals surface area contributed by atoms with Crippen LogP contribution in [0.3, 0.4) is 0 Å².